The molecule has 0 unspecified atom stereocenters. The average molecular weight is 308 g/mol. The van der Waals surface area contributed by atoms with E-state index in [0.717, 1.165) is 37.7 Å². The van der Waals surface area contributed by atoms with Crippen LogP contribution in [0.15, 0.2) is 24.3 Å². The van der Waals surface area contributed by atoms with E-state index in [4.69, 9.17) is 17.3 Å². The molecule has 0 atom stereocenters. The number of halogens is 1. The van der Waals surface area contributed by atoms with E-state index < -0.39 is 0 Å². The lowest BCUT2D eigenvalue weighted by Gasteiger charge is -2.40. The van der Waals surface area contributed by atoms with Gasteiger partial charge in [0.1, 0.15) is 0 Å². The minimum atomic E-state index is 0.405. The molecule has 21 heavy (non-hydrogen) atoms. The predicted octanol–water partition coefficient (Wildman–Crippen LogP) is 2.98. The molecule has 3 nitrogen and oxygen atoms in total. The van der Waals surface area contributed by atoms with E-state index in [2.05, 4.69) is 21.9 Å². The molecule has 0 bridgehead atoms. The Labute approximate surface area is 133 Å². The first-order valence-electron chi connectivity index (χ1n) is 8.14. The monoisotopic (exact) mass is 307 g/mol. The van der Waals surface area contributed by atoms with Crippen LogP contribution in [0.2, 0.25) is 5.02 Å². The van der Waals surface area contributed by atoms with E-state index in [1.807, 2.05) is 12.1 Å². The fourth-order valence-corrected chi connectivity index (χ4v) is 3.97. The highest BCUT2D eigenvalue weighted by atomic mass is 35.5. The van der Waals surface area contributed by atoms with Gasteiger partial charge in [0.05, 0.1) is 0 Å². The van der Waals surface area contributed by atoms with Crippen molar-refractivity contribution in [2.24, 2.45) is 11.1 Å². The topological polar surface area (TPSA) is 32.5 Å². The summed E-state index contributed by atoms with van der Waals surface area (Å²) in [5, 5.41) is 0.809. The summed E-state index contributed by atoms with van der Waals surface area (Å²) in [6, 6.07) is 8.20. The number of nitrogens with zero attached hydrogens (tertiary/aromatic N) is 2. The van der Waals surface area contributed by atoms with Crippen LogP contribution in [0.4, 0.5) is 5.69 Å². The van der Waals surface area contributed by atoms with E-state index in [0.29, 0.717) is 5.41 Å². The van der Waals surface area contributed by atoms with Crippen molar-refractivity contribution in [3.8, 4) is 0 Å². The zero-order valence-corrected chi connectivity index (χ0v) is 13.5. The molecule has 3 rings (SSSR count). The van der Waals surface area contributed by atoms with Crippen LogP contribution in [0.1, 0.15) is 25.7 Å². The van der Waals surface area contributed by atoms with Crippen molar-refractivity contribution >= 4 is 17.3 Å². The fourth-order valence-electron chi connectivity index (χ4n) is 3.84. The molecule has 0 amide bonds. The second-order valence-electron chi connectivity index (χ2n) is 6.65. The summed E-state index contributed by atoms with van der Waals surface area (Å²) in [5.41, 5.74) is 7.76. The Bertz CT molecular complexity index is 446. The molecule has 1 aromatic carbocycles. The molecule has 1 aromatic rings. The first-order chi connectivity index (χ1) is 10.2. The molecule has 1 aliphatic carbocycles. The minimum absolute atomic E-state index is 0.405. The lowest BCUT2D eigenvalue weighted by molar-refractivity contribution is 0.151. The van der Waals surface area contributed by atoms with Gasteiger partial charge in [0.2, 0.25) is 0 Å². The maximum atomic E-state index is 6.07. The molecule has 1 saturated carbocycles. The number of nitrogens with two attached hydrogens (primary N) is 1. The van der Waals surface area contributed by atoms with Crippen LogP contribution in [-0.2, 0) is 0 Å². The van der Waals surface area contributed by atoms with Gasteiger partial charge in [-0.15, -0.1) is 0 Å². The van der Waals surface area contributed by atoms with Crippen LogP contribution >= 0.6 is 11.6 Å². The molecule has 0 spiro atoms. The second kappa shape index (κ2) is 6.55. The highest BCUT2D eigenvalue weighted by molar-refractivity contribution is 6.30. The first-order valence-corrected chi connectivity index (χ1v) is 8.52. The Morgan fingerprint density at radius 2 is 1.62 bits per heavy atom. The Morgan fingerprint density at radius 1 is 1.00 bits per heavy atom. The van der Waals surface area contributed by atoms with Gasteiger partial charge in [0.15, 0.2) is 0 Å². The van der Waals surface area contributed by atoms with Crippen molar-refractivity contribution in [3.05, 3.63) is 29.3 Å². The summed E-state index contributed by atoms with van der Waals surface area (Å²) >= 11 is 5.96. The van der Waals surface area contributed by atoms with Crippen molar-refractivity contribution in [1.82, 2.24) is 4.90 Å². The molecule has 2 aliphatic rings. The highest BCUT2D eigenvalue weighted by Gasteiger charge is 2.34. The fraction of sp³-hybridized carbons (Fsp3) is 0.647. The standard InChI is InChI=1S/C17H26ClN3/c18-15-3-5-16(6-4-15)21-11-9-20(10-12-21)14-17(13-19)7-1-2-8-17/h3-6H,1-2,7-14,19H2. The van der Waals surface area contributed by atoms with Crippen LogP contribution in [0.5, 0.6) is 0 Å². The van der Waals surface area contributed by atoms with Gasteiger partial charge in [-0.1, -0.05) is 24.4 Å². The molecule has 116 valence electrons. The molecule has 1 saturated heterocycles. The minimum Gasteiger partial charge on any atom is -0.369 e. The van der Waals surface area contributed by atoms with Gasteiger partial charge in [-0.3, -0.25) is 4.90 Å². The predicted molar refractivity (Wildman–Crippen MR) is 90.1 cm³/mol. The zero-order chi connectivity index (χ0) is 14.7. The third-order valence-electron chi connectivity index (χ3n) is 5.22. The van der Waals surface area contributed by atoms with Crippen LogP contribution < -0.4 is 10.6 Å². The van der Waals surface area contributed by atoms with Gasteiger partial charge in [-0.25, -0.2) is 0 Å². The summed E-state index contributed by atoms with van der Waals surface area (Å²) < 4.78 is 0. The van der Waals surface area contributed by atoms with E-state index in [1.165, 1.54) is 37.9 Å². The lowest BCUT2D eigenvalue weighted by atomic mass is 9.85. The number of rotatable bonds is 4. The summed E-state index contributed by atoms with van der Waals surface area (Å²) in [4.78, 5) is 5.07. The van der Waals surface area contributed by atoms with Crippen LogP contribution in [0, 0.1) is 5.41 Å². The van der Waals surface area contributed by atoms with Gasteiger partial charge in [-0.05, 0) is 49.1 Å². The van der Waals surface area contributed by atoms with Gasteiger partial charge in [-0.2, -0.15) is 0 Å². The maximum Gasteiger partial charge on any atom is 0.0407 e. The largest absolute Gasteiger partial charge is 0.369 e. The smallest absolute Gasteiger partial charge is 0.0407 e. The Balaban J connectivity index is 1.54. The van der Waals surface area contributed by atoms with Crippen molar-refractivity contribution in [2.45, 2.75) is 25.7 Å². The molecule has 1 aliphatic heterocycles. The van der Waals surface area contributed by atoms with E-state index in [1.54, 1.807) is 0 Å². The number of anilines is 1. The molecule has 4 heteroatoms. The molecule has 2 fully saturated rings. The average Bonchev–Trinajstić information content (AvgIpc) is 2.98. The van der Waals surface area contributed by atoms with Crippen LogP contribution in [0.3, 0.4) is 0 Å². The van der Waals surface area contributed by atoms with Gasteiger partial charge < -0.3 is 10.6 Å². The Hall–Kier alpha value is -0.770. The Morgan fingerprint density at radius 3 is 2.19 bits per heavy atom. The van der Waals surface area contributed by atoms with Crippen molar-refractivity contribution in [1.29, 1.82) is 0 Å². The number of benzene rings is 1. The highest BCUT2D eigenvalue weighted by Crippen LogP contribution is 2.38. The van der Waals surface area contributed by atoms with Crippen molar-refractivity contribution in [3.63, 3.8) is 0 Å². The quantitative estimate of drug-likeness (QED) is 0.928. The number of hydrogen-bond acceptors (Lipinski definition) is 3. The van der Waals surface area contributed by atoms with Crippen LogP contribution in [0.25, 0.3) is 0 Å². The molecule has 1 heterocycles. The number of piperazine rings is 1. The van der Waals surface area contributed by atoms with Gasteiger partial charge >= 0.3 is 0 Å². The third-order valence-corrected chi connectivity index (χ3v) is 5.47. The summed E-state index contributed by atoms with van der Waals surface area (Å²) in [5.74, 6) is 0. The molecular weight excluding hydrogens is 282 g/mol. The van der Waals surface area contributed by atoms with E-state index >= 15 is 0 Å². The Kier molecular flexibility index (Phi) is 4.72. The van der Waals surface area contributed by atoms with Gasteiger partial charge in [0.25, 0.3) is 0 Å². The molecule has 2 N–H and O–H groups in total. The normalized spacial score (nSPS) is 22.7. The molecule has 0 aromatic heterocycles. The SMILES string of the molecule is NCC1(CN2CCN(c3ccc(Cl)cc3)CC2)CCCC1. The van der Waals surface area contributed by atoms with Crippen molar-refractivity contribution in [2.75, 3.05) is 44.2 Å². The van der Waals surface area contributed by atoms with Gasteiger partial charge in [0, 0.05) is 43.4 Å². The molecule has 0 radical (unpaired) electrons. The first kappa shape index (κ1) is 15.1. The van der Waals surface area contributed by atoms with Crippen molar-refractivity contribution < 1.29 is 0 Å². The number of hydrogen-bond donors (Lipinski definition) is 1. The summed E-state index contributed by atoms with van der Waals surface area (Å²) in [7, 11) is 0. The lowest BCUT2D eigenvalue weighted by Crippen LogP contribution is -2.50. The second-order valence-corrected chi connectivity index (χ2v) is 7.09. The summed E-state index contributed by atoms with van der Waals surface area (Å²) in [6.07, 6.45) is 5.37. The van der Waals surface area contributed by atoms with E-state index in [9.17, 15) is 0 Å². The third kappa shape index (κ3) is 3.53. The zero-order valence-electron chi connectivity index (χ0n) is 12.7. The molecular formula is C17H26ClN3. The van der Waals surface area contributed by atoms with E-state index in [-0.39, 0.29) is 0 Å². The maximum absolute atomic E-state index is 6.07. The summed E-state index contributed by atoms with van der Waals surface area (Å²) in [6.45, 7) is 6.53. The van der Waals surface area contributed by atoms with Crippen LogP contribution in [-0.4, -0.2) is 44.2 Å².